The molecule has 142 valence electrons. The standard InChI is InChI=1S/C22H31NO3/c1-22(2,3)26-21(25)23-16-10-9-15-20(23)19(17-24)14-8-7-13-18-11-5-4-6-12-18/h4-6,8,11-12,14,17,19-20H,7,9-10,13,15-16H2,1-3H3/b14-8+/t19-,20-/m1/s1. The van der Waals surface area contributed by atoms with Gasteiger partial charge in [-0.05, 0) is 58.4 Å². The van der Waals surface area contributed by atoms with Crippen LogP contribution in [0.5, 0.6) is 0 Å². The lowest BCUT2D eigenvalue weighted by Crippen LogP contribution is -2.49. The molecule has 0 N–H and O–H groups in total. The highest BCUT2D eigenvalue weighted by Crippen LogP contribution is 2.25. The van der Waals surface area contributed by atoms with Gasteiger partial charge in [-0.2, -0.15) is 0 Å². The summed E-state index contributed by atoms with van der Waals surface area (Å²) < 4.78 is 5.53. The first-order valence-electron chi connectivity index (χ1n) is 9.56. The highest BCUT2D eigenvalue weighted by Gasteiger charge is 2.34. The summed E-state index contributed by atoms with van der Waals surface area (Å²) in [6.45, 7) is 6.25. The fourth-order valence-corrected chi connectivity index (χ4v) is 3.32. The molecule has 2 rings (SSSR count). The summed E-state index contributed by atoms with van der Waals surface area (Å²) >= 11 is 0. The summed E-state index contributed by atoms with van der Waals surface area (Å²) in [5, 5.41) is 0. The number of carbonyl (C=O) groups is 2. The number of nitrogens with zero attached hydrogens (tertiary/aromatic N) is 1. The van der Waals surface area contributed by atoms with E-state index in [-0.39, 0.29) is 18.1 Å². The van der Waals surface area contributed by atoms with E-state index < -0.39 is 5.60 Å². The van der Waals surface area contributed by atoms with E-state index in [1.807, 2.05) is 45.0 Å². The Kier molecular flexibility index (Phi) is 7.43. The molecule has 1 heterocycles. The highest BCUT2D eigenvalue weighted by atomic mass is 16.6. The van der Waals surface area contributed by atoms with Gasteiger partial charge in [-0.3, -0.25) is 0 Å². The van der Waals surface area contributed by atoms with E-state index in [0.717, 1.165) is 38.4 Å². The topological polar surface area (TPSA) is 46.6 Å². The van der Waals surface area contributed by atoms with Gasteiger partial charge in [0.1, 0.15) is 11.9 Å². The predicted octanol–water partition coefficient (Wildman–Crippen LogP) is 4.78. The van der Waals surface area contributed by atoms with Crippen molar-refractivity contribution in [2.24, 2.45) is 5.92 Å². The summed E-state index contributed by atoms with van der Waals surface area (Å²) in [6.07, 6.45) is 9.34. The minimum absolute atomic E-state index is 0.107. The van der Waals surface area contributed by atoms with Crippen LogP contribution in [0, 0.1) is 5.92 Å². The Morgan fingerprint density at radius 2 is 2.00 bits per heavy atom. The highest BCUT2D eigenvalue weighted by molar-refractivity contribution is 5.70. The molecule has 4 heteroatoms. The van der Waals surface area contributed by atoms with Gasteiger partial charge in [-0.15, -0.1) is 0 Å². The van der Waals surface area contributed by atoms with E-state index in [1.165, 1.54) is 5.56 Å². The third-order valence-electron chi connectivity index (χ3n) is 4.58. The summed E-state index contributed by atoms with van der Waals surface area (Å²) in [5.74, 6) is -0.279. The molecule has 0 aliphatic carbocycles. The van der Waals surface area contributed by atoms with Crippen LogP contribution in [0.1, 0.15) is 52.0 Å². The van der Waals surface area contributed by atoms with Gasteiger partial charge in [0.2, 0.25) is 0 Å². The zero-order valence-electron chi connectivity index (χ0n) is 16.2. The molecule has 1 saturated heterocycles. The van der Waals surface area contributed by atoms with Crippen LogP contribution in [0.15, 0.2) is 42.5 Å². The molecule has 1 fully saturated rings. The molecule has 26 heavy (non-hydrogen) atoms. The van der Waals surface area contributed by atoms with Crippen LogP contribution in [0.25, 0.3) is 0 Å². The van der Waals surface area contributed by atoms with Crippen molar-refractivity contribution >= 4 is 12.4 Å². The average Bonchev–Trinajstić information content (AvgIpc) is 2.61. The van der Waals surface area contributed by atoms with E-state index >= 15 is 0 Å². The lowest BCUT2D eigenvalue weighted by Gasteiger charge is -2.38. The molecule has 1 aromatic carbocycles. The van der Waals surface area contributed by atoms with Crippen molar-refractivity contribution in [1.29, 1.82) is 0 Å². The van der Waals surface area contributed by atoms with Crippen molar-refractivity contribution < 1.29 is 14.3 Å². The summed E-state index contributed by atoms with van der Waals surface area (Å²) in [7, 11) is 0. The largest absolute Gasteiger partial charge is 0.444 e. The Hall–Kier alpha value is -2.10. The van der Waals surface area contributed by atoms with Gasteiger partial charge in [-0.1, -0.05) is 42.5 Å². The molecule has 2 atom stereocenters. The van der Waals surface area contributed by atoms with Crippen LogP contribution in [-0.4, -0.2) is 35.5 Å². The molecule has 1 amide bonds. The number of carbonyl (C=O) groups excluding carboxylic acids is 2. The maximum Gasteiger partial charge on any atom is 0.410 e. The van der Waals surface area contributed by atoms with E-state index in [9.17, 15) is 9.59 Å². The summed E-state index contributed by atoms with van der Waals surface area (Å²) in [5.41, 5.74) is 0.759. The van der Waals surface area contributed by atoms with Gasteiger partial charge in [0, 0.05) is 12.6 Å². The molecular weight excluding hydrogens is 326 g/mol. The number of piperidine rings is 1. The summed E-state index contributed by atoms with van der Waals surface area (Å²) in [4.78, 5) is 26.0. The second-order valence-corrected chi connectivity index (χ2v) is 7.90. The lowest BCUT2D eigenvalue weighted by atomic mass is 9.90. The van der Waals surface area contributed by atoms with Gasteiger partial charge in [0.25, 0.3) is 0 Å². The number of allylic oxidation sites excluding steroid dienone is 1. The molecule has 4 nitrogen and oxygen atoms in total. The fourth-order valence-electron chi connectivity index (χ4n) is 3.32. The first kappa shape index (κ1) is 20.2. The molecule has 1 aliphatic heterocycles. The molecule has 0 unspecified atom stereocenters. The number of amides is 1. The number of hydrogen-bond acceptors (Lipinski definition) is 3. The van der Waals surface area contributed by atoms with E-state index in [4.69, 9.17) is 4.74 Å². The minimum Gasteiger partial charge on any atom is -0.444 e. The molecular formula is C22H31NO3. The lowest BCUT2D eigenvalue weighted by molar-refractivity contribution is -0.111. The molecule has 0 radical (unpaired) electrons. The Labute approximate surface area is 157 Å². The average molecular weight is 357 g/mol. The van der Waals surface area contributed by atoms with Gasteiger partial charge < -0.3 is 14.4 Å². The van der Waals surface area contributed by atoms with Crippen LogP contribution in [0.3, 0.4) is 0 Å². The number of aldehydes is 1. The molecule has 0 bridgehead atoms. The number of aryl methyl sites for hydroxylation is 1. The maximum absolute atomic E-state index is 12.5. The van der Waals surface area contributed by atoms with Crippen molar-refractivity contribution in [2.45, 2.75) is 64.5 Å². The van der Waals surface area contributed by atoms with Crippen LogP contribution >= 0.6 is 0 Å². The zero-order valence-corrected chi connectivity index (χ0v) is 16.2. The first-order valence-corrected chi connectivity index (χ1v) is 9.56. The summed E-state index contributed by atoms with van der Waals surface area (Å²) in [6, 6.07) is 10.2. The van der Waals surface area contributed by atoms with Crippen LogP contribution in [0.2, 0.25) is 0 Å². The van der Waals surface area contributed by atoms with Gasteiger partial charge in [-0.25, -0.2) is 4.79 Å². The van der Waals surface area contributed by atoms with Crippen LogP contribution in [-0.2, 0) is 16.0 Å². The normalized spacial score (nSPS) is 19.3. The van der Waals surface area contributed by atoms with Gasteiger partial charge in [0.05, 0.1) is 5.92 Å². The first-order chi connectivity index (χ1) is 12.4. The number of hydrogen-bond donors (Lipinski definition) is 0. The van der Waals surface area contributed by atoms with Gasteiger partial charge in [0.15, 0.2) is 0 Å². The number of benzene rings is 1. The number of likely N-dealkylation sites (tertiary alicyclic amines) is 1. The smallest absolute Gasteiger partial charge is 0.410 e. The van der Waals surface area contributed by atoms with Gasteiger partial charge >= 0.3 is 6.09 Å². The number of ether oxygens (including phenoxy) is 1. The third kappa shape index (κ3) is 6.32. The Balaban J connectivity index is 1.97. The molecule has 0 saturated carbocycles. The Bertz CT molecular complexity index is 604. The fraction of sp³-hybridized carbons (Fsp3) is 0.545. The van der Waals surface area contributed by atoms with Crippen LogP contribution < -0.4 is 0 Å². The Morgan fingerprint density at radius 1 is 1.27 bits per heavy atom. The van der Waals surface area contributed by atoms with Crippen molar-refractivity contribution in [3.63, 3.8) is 0 Å². The molecule has 1 aromatic rings. The SMILES string of the molecule is CC(C)(C)OC(=O)N1CCCC[C@@H]1[C@@H](C=O)/C=C/CCc1ccccc1. The van der Waals surface area contributed by atoms with E-state index in [0.29, 0.717) is 6.54 Å². The molecule has 0 aromatic heterocycles. The quantitative estimate of drug-likeness (QED) is 0.544. The minimum atomic E-state index is -0.527. The third-order valence-corrected chi connectivity index (χ3v) is 4.58. The van der Waals surface area contributed by atoms with Crippen molar-refractivity contribution in [1.82, 2.24) is 4.90 Å². The van der Waals surface area contributed by atoms with E-state index in [1.54, 1.807) is 4.90 Å². The van der Waals surface area contributed by atoms with Crippen molar-refractivity contribution in [3.05, 3.63) is 48.0 Å². The molecule has 0 spiro atoms. The second-order valence-electron chi connectivity index (χ2n) is 7.90. The zero-order chi connectivity index (χ0) is 19.0. The van der Waals surface area contributed by atoms with Crippen molar-refractivity contribution in [2.75, 3.05) is 6.54 Å². The molecule has 1 aliphatic rings. The second kappa shape index (κ2) is 9.56. The van der Waals surface area contributed by atoms with Crippen LogP contribution in [0.4, 0.5) is 4.79 Å². The monoisotopic (exact) mass is 357 g/mol. The maximum atomic E-state index is 12.5. The van der Waals surface area contributed by atoms with E-state index in [2.05, 4.69) is 18.2 Å². The predicted molar refractivity (Wildman–Crippen MR) is 104 cm³/mol. The van der Waals surface area contributed by atoms with Crippen molar-refractivity contribution in [3.8, 4) is 0 Å². The number of rotatable bonds is 6. The Morgan fingerprint density at radius 3 is 2.65 bits per heavy atom.